The van der Waals surface area contributed by atoms with Crippen molar-refractivity contribution in [2.24, 2.45) is 0 Å². The maximum absolute atomic E-state index is 5.75. The maximum atomic E-state index is 5.75. The fourth-order valence-electron chi connectivity index (χ4n) is 2.24. The van der Waals surface area contributed by atoms with Gasteiger partial charge in [0, 0.05) is 6.42 Å². The van der Waals surface area contributed by atoms with E-state index in [1.165, 1.54) is 16.7 Å². The van der Waals surface area contributed by atoms with E-state index in [0.717, 1.165) is 31.6 Å². The summed E-state index contributed by atoms with van der Waals surface area (Å²) in [4.78, 5) is 0. The molecule has 0 fully saturated rings. The van der Waals surface area contributed by atoms with Crippen LogP contribution in [0.25, 0.3) is 0 Å². The topological polar surface area (TPSA) is 9.23 Å². The quantitative estimate of drug-likeness (QED) is 0.664. The lowest BCUT2D eigenvalue weighted by molar-refractivity contribution is 0.315. The number of ether oxygens (including phenoxy) is 1. The van der Waals surface area contributed by atoms with Crippen molar-refractivity contribution >= 4 is 0 Å². The Hall–Kier alpha value is -1.42. The third-order valence-corrected chi connectivity index (χ3v) is 3.32. The molecular weight excluding hydrogens is 220 g/mol. The van der Waals surface area contributed by atoms with Crippen LogP contribution in [0, 0.1) is 26.2 Å². The molecule has 1 rings (SSSR count). The Morgan fingerprint density at radius 1 is 1.22 bits per heavy atom. The van der Waals surface area contributed by atoms with E-state index in [4.69, 9.17) is 11.2 Å². The van der Waals surface area contributed by atoms with E-state index in [1.54, 1.807) is 0 Å². The molecule has 1 aromatic rings. The molecule has 0 saturated heterocycles. The number of rotatable bonds is 6. The number of hydrogen-bond donors (Lipinski definition) is 0. The van der Waals surface area contributed by atoms with Gasteiger partial charge in [0.05, 0.1) is 6.61 Å². The summed E-state index contributed by atoms with van der Waals surface area (Å²) < 4.78 is 5.75. The number of aryl methyl sites for hydroxylation is 2. The molecule has 0 spiro atoms. The monoisotopic (exact) mass is 244 g/mol. The highest BCUT2D eigenvalue weighted by atomic mass is 16.5. The van der Waals surface area contributed by atoms with Crippen molar-refractivity contribution in [3.8, 4) is 18.1 Å². The SMILES string of the molecule is C#CCC(CC)c1cc(C)c(OCCC)cc1C. The molecule has 18 heavy (non-hydrogen) atoms. The molecule has 0 radical (unpaired) electrons. The average molecular weight is 244 g/mol. The zero-order valence-electron chi connectivity index (χ0n) is 12.0. The van der Waals surface area contributed by atoms with Crippen LogP contribution in [-0.2, 0) is 0 Å². The van der Waals surface area contributed by atoms with Crippen LogP contribution >= 0.6 is 0 Å². The second-order valence-corrected chi connectivity index (χ2v) is 4.84. The van der Waals surface area contributed by atoms with Gasteiger partial charge in [-0.25, -0.2) is 0 Å². The summed E-state index contributed by atoms with van der Waals surface area (Å²) in [5.41, 5.74) is 3.87. The van der Waals surface area contributed by atoms with Crippen LogP contribution in [0.1, 0.15) is 55.7 Å². The first-order chi connectivity index (χ1) is 8.63. The number of hydrogen-bond acceptors (Lipinski definition) is 1. The minimum absolute atomic E-state index is 0.467. The second kappa shape index (κ2) is 7.11. The van der Waals surface area contributed by atoms with Gasteiger partial charge in [-0.05, 0) is 55.4 Å². The van der Waals surface area contributed by atoms with Crippen molar-refractivity contribution in [2.45, 2.75) is 52.9 Å². The lowest BCUT2D eigenvalue weighted by Gasteiger charge is -2.18. The lowest BCUT2D eigenvalue weighted by atomic mass is 9.89. The number of benzene rings is 1. The molecule has 98 valence electrons. The number of terminal acetylenes is 1. The van der Waals surface area contributed by atoms with Crippen LogP contribution < -0.4 is 4.74 Å². The zero-order chi connectivity index (χ0) is 13.5. The highest BCUT2D eigenvalue weighted by Crippen LogP contribution is 2.31. The van der Waals surface area contributed by atoms with E-state index in [-0.39, 0.29) is 0 Å². The van der Waals surface area contributed by atoms with Crippen LogP contribution in [0.5, 0.6) is 5.75 Å². The fraction of sp³-hybridized carbons (Fsp3) is 0.529. The molecular formula is C17H24O. The van der Waals surface area contributed by atoms with Crippen LogP contribution in [0.2, 0.25) is 0 Å². The Balaban J connectivity index is 3.02. The van der Waals surface area contributed by atoms with Gasteiger partial charge in [-0.3, -0.25) is 0 Å². The van der Waals surface area contributed by atoms with E-state index >= 15 is 0 Å². The van der Waals surface area contributed by atoms with Gasteiger partial charge in [0.2, 0.25) is 0 Å². The molecule has 1 atom stereocenters. The smallest absolute Gasteiger partial charge is 0.122 e. The molecule has 0 aliphatic carbocycles. The van der Waals surface area contributed by atoms with Crippen LogP contribution in [0.15, 0.2) is 12.1 Å². The molecule has 0 aliphatic rings. The molecule has 1 aromatic carbocycles. The molecule has 0 bridgehead atoms. The van der Waals surface area contributed by atoms with Crippen molar-refractivity contribution in [3.63, 3.8) is 0 Å². The predicted octanol–water partition coefficient (Wildman–Crippen LogP) is 4.61. The second-order valence-electron chi connectivity index (χ2n) is 4.84. The van der Waals surface area contributed by atoms with Gasteiger partial charge in [-0.15, -0.1) is 12.3 Å². The molecule has 1 heteroatoms. The Morgan fingerprint density at radius 3 is 2.50 bits per heavy atom. The Kier molecular flexibility index (Phi) is 5.78. The van der Waals surface area contributed by atoms with Crippen molar-refractivity contribution in [3.05, 3.63) is 28.8 Å². The Bertz CT molecular complexity index is 426. The maximum Gasteiger partial charge on any atom is 0.122 e. The van der Waals surface area contributed by atoms with Crippen molar-refractivity contribution in [1.29, 1.82) is 0 Å². The van der Waals surface area contributed by atoms with Gasteiger partial charge in [0.1, 0.15) is 5.75 Å². The summed E-state index contributed by atoms with van der Waals surface area (Å²) in [6.07, 6.45) is 8.38. The minimum Gasteiger partial charge on any atom is -0.493 e. The summed E-state index contributed by atoms with van der Waals surface area (Å²) in [5.74, 6) is 4.26. The van der Waals surface area contributed by atoms with Gasteiger partial charge in [-0.2, -0.15) is 0 Å². The van der Waals surface area contributed by atoms with E-state index in [0.29, 0.717) is 5.92 Å². The molecule has 0 heterocycles. The summed E-state index contributed by atoms with van der Waals surface area (Å²) >= 11 is 0. The summed E-state index contributed by atoms with van der Waals surface area (Å²) in [5, 5.41) is 0. The molecule has 0 aliphatic heterocycles. The minimum atomic E-state index is 0.467. The average Bonchev–Trinajstić information content (AvgIpc) is 2.37. The van der Waals surface area contributed by atoms with Crippen LogP contribution in [0.4, 0.5) is 0 Å². The van der Waals surface area contributed by atoms with Gasteiger partial charge < -0.3 is 4.74 Å². The highest BCUT2D eigenvalue weighted by molar-refractivity contribution is 5.43. The van der Waals surface area contributed by atoms with Crippen LogP contribution in [-0.4, -0.2) is 6.61 Å². The fourth-order valence-corrected chi connectivity index (χ4v) is 2.24. The van der Waals surface area contributed by atoms with Crippen molar-refractivity contribution in [2.75, 3.05) is 6.61 Å². The molecule has 1 unspecified atom stereocenters. The van der Waals surface area contributed by atoms with E-state index in [1.807, 2.05) is 0 Å². The third-order valence-electron chi connectivity index (χ3n) is 3.32. The molecule has 1 nitrogen and oxygen atoms in total. The summed E-state index contributed by atoms with van der Waals surface area (Å²) in [7, 11) is 0. The van der Waals surface area contributed by atoms with Crippen molar-refractivity contribution in [1.82, 2.24) is 0 Å². The van der Waals surface area contributed by atoms with Gasteiger partial charge in [0.15, 0.2) is 0 Å². The standard InChI is InChI=1S/C17H24O/c1-6-9-15(8-3)16-11-14(5)17(12-13(16)4)18-10-7-2/h1,11-12,15H,7-10H2,2-5H3. The van der Waals surface area contributed by atoms with E-state index in [9.17, 15) is 0 Å². The Morgan fingerprint density at radius 2 is 1.94 bits per heavy atom. The predicted molar refractivity (Wildman–Crippen MR) is 78.2 cm³/mol. The summed E-state index contributed by atoms with van der Waals surface area (Å²) in [6.45, 7) is 9.35. The molecule has 0 amide bonds. The Labute approximate surface area is 112 Å². The van der Waals surface area contributed by atoms with Crippen molar-refractivity contribution < 1.29 is 4.74 Å². The third kappa shape index (κ3) is 3.53. The normalized spacial score (nSPS) is 11.9. The van der Waals surface area contributed by atoms with E-state index < -0.39 is 0 Å². The van der Waals surface area contributed by atoms with Gasteiger partial charge in [0.25, 0.3) is 0 Å². The lowest BCUT2D eigenvalue weighted by Crippen LogP contribution is -2.03. The van der Waals surface area contributed by atoms with E-state index in [2.05, 4.69) is 45.7 Å². The largest absolute Gasteiger partial charge is 0.493 e. The summed E-state index contributed by atoms with van der Waals surface area (Å²) in [6, 6.07) is 4.39. The first-order valence-electron chi connectivity index (χ1n) is 6.81. The molecule has 0 saturated carbocycles. The highest BCUT2D eigenvalue weighted by Gasteiger charge is 2.13. The first-order valence-corrected chi connectivity index (χ1v) is 6.81. The molecule has 0 aromatic heterocycles. The first kappa shape index (κ1) is 14.6. The van der Waals surface area contributed by atoms with Gasteiger partial charge in [-0.1, -0.05) is 19.9 Å². The zero-order valence-corrected chi connectivity index (χ0v) is 12.0. The van der Waals surface area contributed by atoms with Gasteiger partial charge >= 0.3 is 0 Å². The molecule has 0 N–H and O–H groups in total. The van der Waals surface area contributed by atoms with Crippen LogP contribution in [0.3, 0.4) is 0 Å².